The molecule has 0 N–H and O–H groups in total. The first-order chi connectivity index (χ1) is 15.3. The van der Waals surface area contributed by atoms with E-state index < -0.39 is 0 Å². The zero-order chi connectivity index (χ0) is 21.0. The second-order valence-corrected chi connectivity index (χ2v) is 8.68. The number of hydrogen-bond acceptors (Lipinski definition) is 5. The van der Waals surface area contributed by atoms with Crippen LogP contribution < -0.4 is 9.47 Å². The number of nitrogens with zero attached hydrogens (tertiary/aromatic N) is 2. The van der Waals surface area contributed by atoms with Crippen molar-refractivity contribution in [2.24, 2.45) is 0 Å². The highest BCUT2D eigenvalue weighted by Crippen LogP contribution is 2.40. The van der Waals surface area contributed by atoms with Crippen LogP contribution in [0.15, 0.2) is 48.5 Å². The first-order valence-electron chi connectivity index (χ1n) is 11.4. The Labute approximate surface area is 183 Å². The van der Waals surface area contributed by atoms with Gasteiger partial charge in [-0.25, -0.2) is 4.79 Å². The van der Waals surface area contributed by atoms with Gasteiger partial charge in [0.05, 0.1) is 0 Å². The van der Waals surface area contributed by atoms with Crippen LogP contribution in [0.3, 0.4) is 0 Å². The molecule has 6 heteroatoms. The summed E-state index contributed by atoms with van der Waals surface area (Å²) in [6, 6.07) is 16.9. The molecule has 2 heterocycles. The topological polar surface area (TPSA) is 51.2 Å². The summed E-state index contributed by atoms with van der Waals surface area (Å²) >= 11 is 0. The second-order valence-electron chi connectivity index (χ2n) is 8.68. The third kappa shape index (κ3) is 4.64. The van der Waals surface area contributed by atoms with Crippen molar-refractivity contribution in [3.05, 3.63) is 59.7 Å². The first-order valence-corrected chi connectivity index (χ1v) is 11.4. The summed E-state index contributed by atoms with van der Waals surface area (Å²) in [4.78, 5) is 16.8. The quantitative estimate of drug-likeness (QED) is 0.731. The SMILES string of the molecule is O=C(OCc1ccccc1)N1CCN(C2CCC(c3ccc4c(c3)OCO4)CC2)CC1. The Morgan fingerprint density at radius 2 is 1.65 bits per heavy atom. The van der Waals surface area contributed by atoms with Gasteiger partial charge in [0.2, 0.25) is 6.79 Å². The molecule has 5 rings (SSSR count). The number of carbonyl (C=O) groups excluding carboxylic acids is 1. The number of piperazine rings is 1. The number of rotatable bonds is 4. The minimum atomic E-state index is -0.199. The van der Waals surface area contributed by atoms with Gasteiger partial charge in [-0.3, -0.25) is 4.90 Å². The lowest BCUT2D eigenvalue weighted by molar-refractivity contribution is 0.0516. The van der Waals surface area contributed by atoms with Gasteiger partial charge in [0.25, 0.3) is 0 Å². The fourth-order valence-electron chi connectivity index (χ4n) is 5.02. The molecule has 2 aromatic rings. The van der Waals surface area contributed by atoms with E-state index in [1.807, 2.05) is 41.3 Å². The Morgan fingerprint density at radius 3 is 2.42 bits per heavy atom. The van der Waals surface area contributed by atoms with Crippen LogP contribution >= 0.6 is 0 Å². The average Bonchev–Trinajstić information content (AvgIpc) is 3.31. The zero-order valence-corrected chi connectivity index (χ0v) is 17.9. The van der Waals surface area contributed by atoms with Crippen molar-refractivity contribution in [3.63, 3.8) is 0 Å². The van der Waals surface area contributed by atoms with Crippen LogP contribution in [-0.2, 0) is 11.3 Å². The third-order valence-electron chi connectivity index (χ3n) is 6.86. The fourth-order valence-corrected chi connectivity index (χ4v) is 5.02. The van der Waals surface area contributed by atoms with Crippen LogP contribution in [0.1, 0.15) is 42.7 Å². The summed E-state index contributed by atoms with van der Waals surface area (Å²) in [6.45, 7) is 4.02. The largest absolute Gasteiger partial charge is 0.454 e. The summed E-state index contributed by atoms with van der Waals surface area (Å²) < 4.78 is 16.5. The van der Waals surface area contributed by atoms with E-state index in [0.717, 1.165) is 43.2 Å². The van der Waals surface area contributed by atoms with Gasteiger partial charge in [0.1, 0.15) is 6.61 Å². The van der Waals surface area contributed by atoms with E-state index in [9.17, 15) is 4.79 Å². The molecule has 31 heavy (non-hydrogen) atoms. The summed E-state index contributed by atoms with van der Waals surface area (Å²) in [6.07, 6.45) is 4.61. The van der Waals surface area contributed by atoms with E-state index in [4.69, 9.17) is 14.2 Å². The molecule has 2 aromatic carbocycles. The van der Waals surface area contributed by atoms with Gasteiger partial charge in [0, 0.05) is 32.2 Å². The predicted molar refractivity (Wildman–Crippen MR) is 117 cm³/mol. The molecule has 3 aliphatic rings. The Kier molecular flexibility index (Phi) is 5.98. The molecule has 1 saturated heterocycles. The van der Waals surface area contributed by atoms with Gasteiger partial charge in [-0.1, -0.05) is 36.4 Å². The highest BCUT2D eigenvalue weighted by atomic mass is 16.7. The standard InChI is InChI=1S/C25H30N2O4/c28-25(29-17-19-4-2-1-3-5-19)27-14-12-26(13-15-27)22-9-6-20(7-10-22)21-8-11-23-24(16-21)31-18-30-23/h1-5,8,11,16,20,22H,6-7,9-10,12-15,17-18H2. The zero-order valence-electron chi connectivity index (χ0n) is 17.9. The summed E-state index contributed by atoms with van der Waals surface area (Å²) in [5.74, 6) is 2.34. The van der Waals surface area contributed by atoms with Crippen LogP contribution in [0.4, 0.5) is 4.79 Å². The number of hydrogen-bond donors (Lipinski definition) is 0. The van der Waals surface area contributed by atoms with Gasteiger partial charge < -0.3 is 19.1 Å². The van der Waals surface area contributed by atoms with Gasteiger partial charge in [-0.05, 0) is 54.9 Å². The maximum Gasteiger partial charge on any atom is 0.410 e. The van der Waals surface area contributed by atoms with Gasteiger partial charge in [-0.15, -0.1) is 0 Å². The van der Waals surface area contributed by atoms with E-state index in [-0.39, 0.29) is 6.09 Å². The van der Waals surface area contributed by atoms with Crippen molar-refractivity contribution < 1.29 is 19.0 Å². The van der Waals surface area contributed by atoms with Crippen molar-refractivity contribution in [2.45, 2.75) is 44.2 Å². The monoisotopic (exact) mass is 422 g/mol. The molecule has 0 unspecified atom stereocenters. The van der Waals surface area contributed by atoms with Crippen LogP contribution in [-0.4, -0.2) is 54.9 Å². The number of carbonyl (C=O) groups is 1. The minimum Gasteiger partial charge on any atom is -0.454 e. The smallest absolute Gasteiger partial charge is 0.410 e. The third-order valence-corrected chi connectivity index (χ3v) is 6.86. The molecule has 0 bridgehead atoms. The molecule has 0 aromatic heterocycles. The molecule has 2 fully saturated rings. The summed E-state index contributed by atoms with van der Waals surface area (Å²) in [5, 5.41) is 0. The molecule has 0 spiro atoms. The minimum absolute atomic E-state index is 0.199. The highest BCUT2D eigenvalue weighted by Gasteiger charge is 2.31. The maximum absolute atomic E-state index is 12.4. The molecule has 1 aliphatic carbocycles. The molecule has 1 amide bonds. The van der Waals surface area contributed by atoms with E-state index in [1.165, 1.54) is 31.2 Å². The van der Waals surface area contributed by atoms with Crippen molar-refractivity contribution in [3.8, 4) is 11.5 Å². The van der Waals surface area contributed by atoms with Gasteiger partial charge in [-0.2, -0.15) is 0 Å². The Balaban J connectivity index is 1.07. The molecule has 1 saturated carbocycles. The van der Waals surface area contributed by atoms with E-state index in [0.29, 0.717) is 25.4 Å². The van der Waals surface area contributed by atoms with Crippen LogP contribution in [0.5, 0.6) is 11.5 Å². The molecular formula is C25H30N2O4. The number of amides is 1. The van der Waals surface area contributed by atoms with Gasteiger partial charge in [0.15, 0.2) is 11.5 Å². The predicted octanol–water partition coefficient (Wildman–Crippen LogP) is 4.40. The first kappa shape index (κ1) is 20.2. The van der Waals surface area contributed by atoms with E-state index in [2.05, 4.69) is 17.0 Å². The lowest BCUT2D eigenvalue weighted by Gasteiger charge is -2.41. The van der Waals surface area contributed by atoms with Crippen LogP contribution in [0, 0.1) is 0 Å². The molecule has 2 aliphatic heterocycles. The normalized spacial score (nSPS) is 23.5. The van der Waals surface area contributed by atoms with E-state index >= 15 is 0 Å². The average molecular weight is 423 g/mol. The Morgan fingerprint density at radius 1 is 0.903 bits per heavy atom. The van der Waals surface area contributed by atoms with Crippen molar-refractivity contribution in [1.82, 2.24) is 9.80 Å². The molecule has 164 valence electrons. The molecule has 0 radical (unpaired) electrons. The number of benzene rings is 2. The Hall–Kier alpha value is -2.73. The van der Waals surface area contributed by atoms with Crippen molar-refractivity contribution >= 4 is 6.09 Å². The summed E-state index contributed by atoms with van der Waals surface area (Å²) in [5.41, 5.74) is 2.39. The molecule has 6 nitrogen and oxygen atoms in total. The van der Waals surface area contributed by atoms with Crippen LogP contribution in [0.2, 0.25) is 0 Å². The van der Waals surface area contributed by atoms with Crippen molar-refractivity contribution in [1.29, 1.82) is 0 Å². The van der Waals surface area contributed by atoms with Crippen LogP contribution in [0.25, 0.3) is 0 Å². The van der Waals surface area contributed by atoms with Gasteiger partial charge >= 0.3 is 6.09 Å². The fraction of sp³-hybridized carbons (Fsp3) is 0.480. The maximum atomic E-state index is 12.4. The van der Waals surface area contributed by atoms with E-state index in [1.54, 1.807) is 0 Å². The summed E-state index contributed by atoms with van der Waals surface area (Å²) in [7, 11) is 0. The Bertz CT molecular complexity index is 888. The second kappa shape index (κ2) is 9.18. The number of ether oxygens (including phenoxy) is 3. The van der Waals surface area contributed by atoms with Crippen molar-refractivity contribution in [2.75, 3.05) is 33.0 Å². The molecular weight excluding hydrogens is 392 g/mol. The lowest BCUT2D eigenvalue weighted by atomic mass is 9.81. The highest BCUT2D eigenvalue weighted by molar-refractivity contribution is 5.67. The lowest BCUT2D eigenvalue weighted by Crippen LogP contribution is -2.52. The molecule has 0 atom stereocenters. The number of fused-ring (bicyclic) bond motifs is 1.